The minimum atomic E-state index is -0.415. The summed E-state index contributed by atoms with van der Waals surface area (Å²) in [5, 5.41) is 0.998. The van der Waals surface area contributed by atoms with Crippen LogP contribution in [0.15, 0.2) is 46.9 Å². The average Bonchev–Trinajstić information content (AvgIpc) is 2.91. The molecular weight excluding hydrogens is 384 g/mol. The number of para-hydroxylation sites is 1. The molecule has 1 aliphatic rings. The van der Waals surface area contributed by atoms with Crippen LogP contribution >= 0.6 is 15.9 Å². The summed E-state index contributed by atoms with van der Waals surface area (Å²) >= 11 is 3.49. The van der Waals surface area contributed by atoms with E-state index in [1.165, 1.54) is 4.90 Å². The number of amides is 2. The van der Waals surface area contributed by atoms with Gasteiger partial charge in [0.1, 0.15) is 6.54 Å². The molecule has 4 N–H and O–H groups in total. The van der Waals surface area contributed by atoms with Crippen molar-refractivity contribution in [3.8, 4) is 11.3 Å². The Balaban J connectivity index is 1.95. The number of benzene rings is 2. The fourth-order valence-corrected chi connectivity index (χ4v) is 3.66. The van der Waals surface area contributed by atoms with Gasteiger partial charge in [0.15, 0.2) is 0 Å². The first-order chi connectivity index (χ1) is 12.1. The number of hydrazine groups is 1. The third kappa shape index (κ3) is 2.61. The van der Waals surface area contributed by atoms with Crippen LogP contribution in [0.2, 0.25) is 0 Å². The summed E-state index contributed by atoms with van der Waals surface area (Å²) in [5.74, 6) is 4.64. The van der Waals surface area contributed by atoms with Gasteiger partial charge in [-0.25, -0.2) is 5.84 Å². The van der Waals surface area contributed by atoms with Crippen molar-refractivity contribution >= 4 is 44.3 Å². The first kappa shape index (κ1) is 15.9. The molecule has 25 heavy (non-hydrogen) atoms. The average molecular weight is 399 g/mol. The van der Waals surface area contributed by atoms with Crippen LogP contribution in [-0.2, 0) is 16.0 Å². The highest BCUT2D eigenvalue weighted by atomic mass is 79.9. The molecule has 2 heterocycles. The van der Waals surface area contributed by atoms with E-state index >= 15 is 0 Å². The highest BCUT2D eigenvalue weighted by molar-refractivity contribution is 9.10. The van der Waals surface area contributed by atoms with Crippen molar-refractivity contribution in [3.05, 3.63) is 52.5 Å². The number of nitrogens with zero attached hydrogens (tertiary/aromatic N) is 1. The van der Waals surface area contributed by atoms with Gasteiger partial charge in [0, 0.05) is 20.9 Å². The number of H-pyrrole nitrogens is 1. The number of carbonyl (C=O) groups is 2. The van der Waals surface area contributed by atoms with Crippen molar-refractivity contribution in [3.63, 3.8) is 0 Å². The third-order valence-electron chi connectivity index (χ3n) is 4.42. The van der Waals surface area contributed by atoms with Gasteiger partial charge in [-0.3, -0.25) is 15.0 Å². The van der Waals surface area contributed by atoms with Crippen LogP contribution in [0, 0.1) is 0 Å². The molecule has 0 unspecified atom stereocenters. The van der Waals surface area contributed by atoms with Gasteiger partial charge in [-0.2, -0.15) is 0 Å². The summed E-state index contributed by atoms with van der Waals surface area (Å²) in [6.45, 7) is -0.113. The quantitative estimate of drug-likeness (QED) is 0.351. The lowest BCUT2D eigenvalue weighted by Crippen LogP contribution is -2.43. The van der Waals surface area contributed by atoms with Crippen LogP contribution in [0.1, 0.15) is 5.56 Å². The number of hydrogen-bond acceptors (Lipinski definition) is 3. The van der Waals surface area contributed by atoms with Gasteiger partial charge in [0.25, 0.3) is 5.91 Å². The fourth-order valence-electron chi connectivity index (χ4n) is 3.30. The summed E-state index contributed by atoms with van der Waals surface area (Å²) in [7, 11) is 0. The van der Waals surface area contributed by atoms with Gasteiger partial charge in [-0.1, -0.05) is 34.1 Å². The molecule has 1 aliphatic heterocycles. The minimum Gasteiger partial charge on any atom is -0.354 e. The molecule has 0 fully saturated rings. The van der Waals surface area contributed by atoms with Crippen molar-refractivity contribution in [2.24, 2.45) is 5.84 Å². The molecule has 0 spiro atoms. The molecule has 2 aromatic carbocycles. The molecular formula is C18H15BrN4O2. The van der Waals surface area contributed by atoms with E-state index in [2.05, 4.69) is 26.3 Å². The second-order valence-electron chi connectivity index (χ2n) is 5.91. The number of hydrogen-bond donors (Lipinski definition) is 3. The molecule has 0 aliphatic carbocycles. The number of fused-ring (bicyclic) bond motifs is 5. The molecule has 7 heteroatoms. The molecule has 0 atom stereocenters. The maximum absolute atomic E-state index is 12.9. The van der Waals surface area contributed by atoms with E-state index in [0.29, 0.717) is 5.69 Å². The monoisotopic (exact) mass is 398 g/mol. The minimum absolute atomic E-state index is 0.113. The van der Waals surface area contributed by atoms with E-state index in [0.717, 1.165) is 32.2 Å². The second kappa shape index (κ2) is 6.02. The SMILES string of the molecule is NNC(=O)CN1C(=O)Cc2c([nH]c3ccc(Br)cc23)-c2ccccc21. The zero-order valence-corrected chi connectivity index (χ0v) is 14.8. The van der Waals surface area contributed by atoms with E-state index in [-0.39, 0.29) is 18.9 Å². The Morgan fingerprint density at radius 3 is 2.88 bits per heavy atom. The Hall–Kier alpha value is -2.64. The van der Waals surface area contributed by atoms with Gasteiger partial charge in [-0.05, 0) is 29.8 Å². The summed E-state index contributed by atoms with van der Waals surface area (Å²) in [4.78, 5) is 29.6. The van der Waals surface area contributed by atoms with Crippen LogP contribution in [-0.4, -0.2) is 23.3 Å². The Kier molecular flexibility index (Phi) is 3.82. The summed E-state index contributed by atoms with van der Waals surface area (Å²) in [6.07, 6.45) is 0.207. The number of halogens is 1. The normalized spacial score (nSPS) is 13.4. The number of aromatic nitrogens is 1. The molecule has 0 radical (unpaired) electrons. The van der Waals surface area contributed by atoms with Crippen LogP contribution in [0.25, 0.3) is 22.2 Å². The third-order valence-corrected chi connectivity index (χ3v) is 4.92. The van der Waals surface area contributed by atoms with Gasteiger partial charge in [0.05, 0.1) is 17.8 Å². The number of carbonyl (C=O) groups excluding carboxylic acids is 2. The highest BCUT2D eigenvalue weighted by Crippen LogP contribution is 2.40. The molecule has 6 nitrogen and oxygen atoms in total. The van der Waals surface area contributed by atoms with E-state index in [1.54, 1.807) is 0 Å². The van der Waals surface area contributed by atoms with Crippen LogP contribution in [0.3, 0.4) is 0 Å². The molecule has 2 amide bonds. The zero-order valence-electron chi connectivity index (χ0n) is 13.2. The Morgan fingerprint density at radius 1 is 1.28 bits per heavy atom. The molecule has 0 bridgehead atoms. The van der Waals surface area contributed by atoms with E-state index in [4.69, 9.17) is 5.84 Å². The van der Waals surface area contributed by atoms with Crippen molar-refractivity contribution in [1.29, 1.82) is 0 Å². The fraction of sp³-hybridized carbons (Fsp3) is 0.111. The Bertz CT molecular complexity index is 1010. The smallest absolute Gasteiger partial charge is 0.253 e. The van der Waals surface area contributed by atoms with Crippen molar-refractivity contribution < 1.29 is 9.59 Å². The lowest BCUT2D eigenvalue weighted by Gasteiger charge is -2.22. The maximum Gasteiger partial charge on any atom is 0.253 e. The van der Waals surface area contributed by atoms with Crippen molar-refractivity contribution in [1.82, 2.24) is 10.4 Å². The van der Waals surface area contributed by atoms with Gasteiger partial charge in [0.2, 0.25) is 5.91 Å². The van der Waals surface area contributed by atoms with Gasteiger partial charge >= 0.3 is 0 Å². The van der Waals surface area contributed by atoms with E-state index < -0.39 is 5.91 Å². The van der Waals surface area contributed by atoms with Crippen LogP contribution in [0.5, 0.6) is 0 Å². The summed E-state index contributed by atoms with van der Waals surface area (Å²) < 4.78 is 0.950. The summed E-state index contributed by atoms with van der Waals surface area (Å²) in [6, 6.07) is 13.5. The van der Waals surface area contributed by atoms with Crippen molar-refractivity contribution in [2.75, 3.05) is 11.4 Å². The summed E-state index contributed by atoms with van der Waals surface area (Å²) in [5.41, 5.74) is 6.49. The predicted molar refractivity (Wildman–Crippen MR) is 99.8 cm³/mol. The van der Waals surface area contributed by atoms with E-state index in [9.17, 15) is 9.59 Å². The number of nitrogens with two attached hydrogens (primary N) is 1. The Morgan fingerprint density at radius 2 is 2.08 bits per heavy atom. The number of anilines is 1. The second-order valence-corrected chi connectivity index (χ2v) is 6.83. The molecule has 1 aromatic heterocycles. The van der Waals surface area contributed by atoms with Crippen LogP contribution in [0.4, 0.5) is 5.69 Å². The molecule has 3 aromatic rings. The van der Waals surface area contributed by atoms with Gasteiger partial charge < -0.3 is 9.88 Å². The topological polar surface area (TPSA) is 91.2 Å². The first-order valence-electron chi connectivity index (χ1n) is 7.78. The lowest BCUT2D eigenvalue weighted by molar-refractivity contribution is -0.123. The maximum atomic E-state index is 12.9. The van der Waals surface area contributed by atoms with Gasteiger partial charge in [-0.15, -0.1) is 0 Å². The zero-order chi connectivity index (χ0) is 17.6. The first-order valence-corrected chi connectivity index (χ1v) is 8.57. The number of aromatic amines is 1. The molecule has 126 valence electrons. The van der Waals surface area contributed by atoms with E-state index in [1.807, 2.05) is 42.5 Å². The molecule has 0 saturated carbocycles. The standard InChI is InChI=1S/C18H15BrN4O2/c19-10-5-6-14-12(7-10)13-8-17(25)23(9-16(24)22-20)15-4-2-1-3-11(15)18(13)21-14/h1-7,21H,8-9,20H2,(H,22,24). The lowest BCUT2D eigenvalue weighted by atomic mass is 10.0. The molecule has 0 saturated heterocycles. The predicted octanol–water partition coefficient (Wildman–Crippen LogP) is 2.48. The number of nitrogens with one attached hydrogen (secondary N) is 2. The van der Waals surface area contributed by atoms with Crippen LogP contribution < -0.4 is 16.2 Å². The van der Waals surface area contributed by atoms with Crippen molar-refractivity contribution in [2.45, 2.75) is 6.42 Å². The molecule has 4 rings (SSSR count). The highest BCUT2D eigenvalue weighted by Gasteiger charge is 2.29. The number of rotatable bonds is 2. The Labute approximate surface area is 152 Å². The largest absolute Gasteiger partial charge is 0.354 e.